The highest BCUT2D eigenvalue weighted by Gasteiger charge is 2.24. The molecule has 0 aliphatic carbocycles. The summed E-state index contributed by atoms with van der Waals surface area (Å²) in [4.78, 5) is 0. The molecule has 0 radical (unpaired) electrons. The molecule has 2 unspecified atom stereocenters. The molecular formula is C14H22N2S. The van der Waals surface area contributed by atoms with Crippen molar-refractivity contribution < 1.29 is 0 Å². The van der Waals surface area contributed by atoms with E-state index < -0.39 is 0 Å². The van der Waals surface area contributed by atoms with Gasteiger partial charge < -0.3 is 0 Å². The summed E-state index contributed by atoms with van der Waals surface area (Å²) >= 11 is 2.06. The number of nitrogens with one attached hydrogen (secondary N) is 1. The molecule has 2 nitrogen and oxygen atoms in total. The SMILES string of the molecule is Cc1ccc(CC(NN)C2CCCS2)cc1C. The first kappa shape index (κ1) is 12.9. The Morgan fingerprint density at radius 3 is 2.82 bits per heavy atom. The van der Waals surface area contributed by atoms with Crippen molar-refractivity contribution in [3.8, 4) is 0 Å². The Morgan fingerprint density at radius 1 is 1.41 bits per heavy atom. The van der Waals surface area contributed by atoms with Crippen LogP contribution < -0.4 is 11.3 Å². The maximum absolute atomic E-state index is 5.71. The van der Waals surface area contributed by atoms with E-state index in [1.165, 1.54) is 35.3 Å². The van der Waals surface area contributed by atoms with Crippen molar-refractivity contribution in [2.24, 2.45) is 5.84 Å². The van der Waals surface area contributed by atoms with Crippen LogP contribution in [0.25, 0.3) is 0 Å². The van der Waals surface area contributed by atoms with Crippen molar-refractivity contribution in [1.29, 1.82) is 0 Å². The summed E-state index contributed by atoms with van der Waals surface area (Å²) in [6.07, 6.45) is 3.67. The van der Waals surface area contributed by atoms with Crippen LogP contribution in [0.15, 0.2) is 18.2 Å². The Labute approximate surface area is 108 Å². The average Bonchev–Trinajstić information content (AvgIpc) is 2.84. The molecule has 0 spiro atoms. The molecule has 1 aromatic rings. The molecule has 17 heavy (non-hydrogen) atoms. The zero-order valence-electron chi connectivity index (χ0n) is 10.7. The lowest BCUT2D eigenvalue weighted by Gasteiger charge is -2.22. The fraction of sp³-hybridized carbons (Fsp3) is 0.571. The number of hydrogen-bond donors (Lipinski definition) is 2. The molecule has 3 N–H and O–H groups in total. The van der Waals surface area contributed by atoms with Crippen LogP contribution in [0.3, 0.4) is 0 Å². The van der Waals surface area contributed by atoms with Crippen molar-refractivity contribution in [3.05, 3.63) is 34.9 Å². The third-order valence-electron chi connectivity index (χ3n) is 3.65. The second kappa shape index (κ2) is 5.89. The number of nitrogens with two attached hydrogens (primary N) is 1. The van der Waals surface area contributed by atoms with Crippen LogP contribution in [0.1, 0.15) is 29.5 Å². The van der Waals surface area contributed by atoms with Gasteiger partial charge in [0.05, 0.1) is 0 Å². The van der Waals surface area contributed by atoms with Gasteiger partial charge in [-0.25, -0.2) is 0 Å². The van der Waals surface area contributed by atoms with E-state index in [9.17, 15) is 0 Å². The van der Waals surface area contributed by atoms with Gasteiger partial charge in [0.25, 0.3) is 0 Å². The van der Waals surface area contributed by atoms with Gasteiger partial charge in [-0.15, -0.1) is 0 Å². The van der Waals surface area contributed by atoms with Crippen LogP contribution in [0.2, 0.25) is 0 Å². The summed E-state index contributed by atoms with van der Waals surface area (Å²) in [5.41, 5.74) is 7.13. The smallest absolute Gasteiger partial charge is 0.0369 e. The Balaban J connectivity index is 2.04. The number of hydrogen-bond acceptors (Lipinski definition) is 3. The summed E-state index contributed by atoms with van der Waals surface area (Å²) in [6, 6.07) is 7.13. The van der Waals surface area contributed by atoms with E-state index in [0.29, 0.717) is 11.3 Å². The lowest BCUT2D eigenvalue weighted by Crippen LogP contribution is -2.43. The molecule has 94 valence electrons. The predicted molar refractivity (Wildman–Crippen MR) is 76.2 cm³/mol. The Kier molecular flexibility index (Phi) is 4.48. The second-order valence-electron chi connectivity index (χ2n) is 4.95. The van der Waals surface area contributed by atoms with Crippen LogP contribution in [-0.2, 0) is 6.42 Å². The van der Waals surface area contributed by atoms with Gasteiger partial charge in [-0.2, -0.15) is 11.8 Å². The minimum atomic E-state index is 0.407. The average molecular weight is 250 g/mol. The first-order chi connectivity index (χ1) is 8.20. The Morgan fingerprint density at radius 2 is 2.24 bits per heavy atom. The summed E-state index contributed by atoms with van der Waals surface area (Å²) in [6.45, 7) is 4.33. The zero-order chi connectivity index (χ0) is 12.3. The lowest BCUT2D eigenvalue weighted by atomic mass is 9.98. The second-order valence-corrected chi connectivity index (χ2v) is 6.29. The predicted octanol–water partition coefficient (Wildman–Crippen LogP) is 2.57. The van der Waals surface area contributed by atoms with Gasteiger partial charge in [0, 0.05) is 11.3 Å². The number of rotatable bonds is 4. The highest BCUT2D eigenvalue weighted by atomic mass is 32.2. The highest BCUT2D eigenvalue weighted by molar-refractivity contribution is 8.00. The monoisotopic (exact) mass is 250 g/mol. The largest absolute Gasteiger partial charge is 0.271 e. The minimum Gasteiger partial charge on any atom is -0.271 e. The zero-order valence-corrected chi connectivity index (χ0v) is 11.5. The molecule has 1 aliphatic heterocycles. The van der Waals surface area contributed by atoms with E-state index in [1.807, 2.05) is 0 Å². The highest BCUT2D eigenvalue weighted by Crippen LogP contribution is 2.30. The molecule has 1 aromatic carbocycles. The van der Waals surface area contributed by atoms with Gasteiger partial charge in [-0.05, 0) is 55.6 Å². The number of benzene rings is 1. The maximum atomic E-state index is 5.71. The van der Waals surface area contributed by atoms with Crippen LogP contribution in [-0.4, -0.2) is 17.0 Å². The molecule has 0 saturated carbocycles. The fourth-order valence-corrected chi connectivity index (χ4v) is 3.78. The molecule has 2 rings (SSSR count). The van der Waals surface area contributed by atoms with Gasteiger partial charge in [-0.3, -0.25) is 11.3 Å². The molecular weight excluding hydrogens is 228 g/mol. The van der Waals surface area contributed by atoms with Crippen molar-refractivity contribution in [2.45, 2.75) is 44.4 Å². The van der Waals surface area contributed by atoms with Crippen LogP contribution in [0.4, 0.5) is 0 Å². The number of hydrazine groups is 1. The van der Waals surface area contributed by atoms with Crippen LogP contribution >= 0.6 is 11.8 Å². The van der Waals surface area contributed by atoms with E-state index in [-0.39, 0.29) is 0 Å². The first-order valence-electron chi connectivity index (χ1n) is 6.34. The van der Waals surface area contributed by atoms with E-state index in [0.717, 1.165) is 6.42 Å². The van der Waals surface area contributed by atoms with Gasteiger partial charge in [0.2, 0.25) is 0 Å². The van der Waals surface area contributed by atoms with Crippen molar-refractivity contribution in [1.82, 2.24) is 5.43 Å². The molecule has 2 atom stereocenters. The molecule has 0 bridgehead atoms. The van der Waals surface area contributed by atoms with E-state index in [2.05, 4.69) is 49.2 Å². The van der Waals surface area contributed by atoms with Gasteiger partial charge in [0.1, 0.15) is 0 Å². The van der Waals surface area contributed by atoms with Crippen LogP contribution in [0.5, 0.6) is 0 Å². The topological polar surface area (TPSA) is 38.0 Å². The molecule has 1 fully saturated rings. The summed E-state index contributed by atoms with van der Waals surface area (Å²) in [7, 11) is 0. The van der Waals surface area contributed by atoms with E-state index in [4.69, 9.17) is 5.84 Å². The third kappa shape index (κ3) is 3.24. The normalized spacial score (nSPS) is 21.7. The maximum Gasteiger partial charge on any atom is 0.0369 e. The van der Waals surface area contributed by atoms with Crippen molar-refractivity contribution in [2.75, 3.05) is 5.75 Å². The fourth-order valence-electron chi connectivity index (χ4n) is 2.40. The molecule has 0 aromatic heterocycles. The summed E-state index contributed by atoms with van der Waals surface area (Å²) in [5, 5.41) is 0.682. The summed E-state index contributed by atoms with van der Waals surface area (Å²) in [5.74, 6) is 6.99. The quantitative estimate of drug-likeness (QED) is 0.637. The van der Waals surface area contributed by atoms with Gasteiger partial charge in [0.15, 0.2) is 0 Å². The molecule has 1 heterocycles. The molecule has 3 heteroatoms. The molecule has 1 saturated heterocycles. The summed E-state index contributed by atoms with van der Waals surface area (Å²) < 4.78 is 0. The van der Waals surface area contributed by atoms with E-state index in [1.54, 1.807) is 0 Å². The lowest BCUT2D eigenvalue weighted by molar-refractivity contribution is 0.496. The Bertz CT molecular complexity index is 372. The van der Waals surface area contributed by atoms with Crippen molar-refractivity contribution in [3.63, 3.8) is 0 Å². The minimum absolute atomic E-state index is 0.407. The number of aryl methyl sites for hydroxylation is 2. The van der Waals surface area contributed by atoms with E-state index >= 15 is 0 Å². The van der Waals surface area contributed by atoms with Crippen LogP contribution in [0, 0.1) is 13.8 Å². The van der Waals surface area contributed by atoms with Crippen molar-refractivity contribution >= 4 is 11.8 Å². The first-order valence-corrected chi connectivity index (χ1v) is 7.39. The number of thioether (sulfide) groups is 1. The van der Waals surface area contributed by atoms with Gasteiger partial charge in [-0.1, -0.05) is 18.2 Å². The molecule has 0 amide bonds. The molecule has 1 aliphatic rings. The van der Waals surface area contributed by atoms with Gasteiger partial charge >= 0.3 is 0 Å². The standard InChI is InChI=1S/C14H22N2S/c1-10-5-6-12(8-11(10)2)9-13(16-15)14-4-3-7-17-14/h5-6,8,13-14,16H,3-4,7,9,15H2,1-2H3. The Hall–Kier alpha value is -0.510. The third-order valence-corrected chi connectivity index (χ3v) is 5.17.